The molecule has 112 valence electrons. The Morgan fingerprint density at radius 1 is 1.05 bits per heavy atom. The average molecular weight is 351 g/mol. The topological polar surface area (TPSA) is 38.7 Å². The molecule has 1 atom stereocenters. The number of halogens is 1. The molecule has 0 fully saturated rings. The van der Waals surface area contributed by atoms with Crippen molar-refractivity contribution >= 4 is 15.9 Å². The molecule has 0 aliphatic rings. The molecular weight excluding hydrogens is 332 g/mol. The molecule has 0 aliphatic carbocycles. The number of hydrogen-bond acceptors (Lipinski definition) is 3. The maximum atomic E-state index is 10.5. The Morgan fingerprint density at radius 2 is 1.67 bits per heavy atom. The molecule has 0 bridgehead atoms. The van der Waals surface area contributed by atoms with E-state index in [-0.39, 0.29) is 0 Å². The first kappa shape index (κ1) is 15.9. The fraction of sp³-hybridized carbons (Fsp3) is 0.294. The fourth-order valence-electron chi connectivity index (χ4n) is 2.20. The summed E-state index contributed by atoms with van der Waals surface area (Å²) in [6.07, 6.45) is -0.119. The molecular formula is C17H19BrO3. The molecule has 2 rings (SSSR count). The first-order valence-electron chi connectivity index (χ1n) is 6.70. The van der Waals surface area contributed by atoms with E-state index in [1.807, 2.05) is 43.3 Å². The number of benzene rings is 2. The SMILES string of the molecule is COc1cc(C(O)Cc2ccc(C)cc2)c(OC)cc1Br. The number of aliphatic hydroxyl groups is 1. The van der Waals surface area contributed by atoms with Gasteiger partial charge < -0.3 is 14.6 Å². The largest absolute Gasteiger partial charge is 0.496 e. The third kappa shape index (κ3) is 3.77. The van der Waals surface area contributed by atoms with Gasteiger partial charge in [0, 0.05) is 12.0 Å². The van der Waals surface area contributed by atoms with Crippen LogP contribution in [-0.2, 0) is 6.42 Å². The van der Waals surface area contributed by atoms with E-state index in [9.17, 15) is 5.11 Å². The fourth-order valence-corrected chi connectivity index (χ4v) is 2.69. The van der Waals surface area contributed by atoms with E-state index < -0.39 is 6.10 Å². The van der Waals surface area contributed by atoms with Gasteiger partial charge in [0.15, 0.2) is 0 Å². The third-order valence-corrected chi connectivity index (χ3v) is 4.03. The van der Waals surface area contributed by atoms with Crippen molar-refractivity contribution in [2.45, 2.75) is 19.4 Å². The monoisotopic (exact) mass is 350 g/mol. The van der Waals surface area contributed by atoms with E-state index in [0.717, 1.165) is 15.6 Å². The highest BCUT2D eigenvalue weighted by Crippen LogP contribution is 2.36. The van der Waals surface area contributed by atoms with E-state index >= 15 is 0 Å². The van der Waals surface area contributed by atoms with Gasteiger partial charge in [-0.05, 0) is 40.5 Å². The van der Waals surface area contributed by atoms with E-state index in [1.54, 1.807) is 14.2 Å². The Bertz CT molecular complexity index is 608. The quantitative estimate of drug-likeness (QED) is 0.883. The second-order valence-corrected chi connectivity index (χ2v) is 5.79. The summed E-state index contributed by atoms with van der Waals surface area (Å²) in [6.45, 7) is 2.04. The third-order valence-electron chi connectivity index (χ3n) is 3.41. The molecule has 21 heavy (non-hydrogen) atoms. The Hall–Kier alpha value is -1.52. The van der Waals surface area contributed by atoms with Crippen LogP contribution in [0.3, 0.4) is 0 Å². The van der Waals surface area contributed by atoms with Crippen molar-refractivity contribution in [1.82, 2.24) is 0 Å². The molecule has 2 aromatic rings. The second kappa shape index (κ2) is 6.96. The van der Waals surface area contributed by atoms with Gasteiger partial charge in [-0.3, -0.25) is 0 Å². The molecule has 0 aliphatic heterocycles. The van der Waals surface area contributed by atoms with Crippen LogP contribution in [0.2, 0.25) is 0 Å². The van der Waals surface area contributed by atoms with Crippen LogP contribution < -0.4 is 9.47 Å². The van der Waals surface area contributed by atoms with Gasteiger partial charge in [-0.25, -0.2) is 0 Å². The highest BCUT2D eigenvalue weighted by atomic mass is 79.9. The van der Waals surface area contributed by atoms with Crippen molar-refractivity contribution in [3.63, 3.8) is 0 Å². The Balaban J connectivity index is 2.29. The summed E-state index contributed by atoms with van der Waals surface area (Å²) in [4.78, 5) is 0. The van der Waals surface area contributed by atoms with Crippen molar-refractivity contribution in [3.8, 4) is 11.5 Å². The van der Waals surface area contributed by atoms with Gasteiger partial charge in [0.2, 0.25) is 0 Å². The van der Waals surface area contributed by atoms with Gasteiger partial charge in [-0.2, -0.15) is 0 Å². The highest BCUT2D eigenvalue weighted by Gasteiger charge is 2.17. The standard InChI is InChI=1S/C17H19BrO3/c1-11-4-6-12(7-5-11)8-15(19)13-9-17(21-3)14(18)10-16(13)20-2/h4-7,9-10,15,19H,8H2,1-3H3. The van der Waals surface area contributed by atoms with Crippen molar-refractivity contribution in [2.75, 3.05) is 14.2 Å². The predicted molar refractivity (Wildman–Crippen MR) is 87.1 cm³/mol. The summed E-state index contributed by atoms with van der Waals surface area (Å²) in [7, 11) is 3.19. The molecule has 1 N–H and O–H groups in total. The lowest BCUT2D eigenvalue weighted by Crippen LogP contribution is -2.05. The van der Waals surface area contributed by atoms with Crippen molar-refractivity contribution in [2.24, 2.45) is 0 Å². The predicted octanol–water partition coefficient (Wildman–Crippen LogP) is 4.05. The van der Waals surface area contributed by atoms with Crippen LogP contribution in [0.5, 0.6) is 11.5 Å². The lowest BCUT2D eigenvalue weighted by molar-refractivity contribution is 0.173. The second-order valence-electron chi connectivity index (χ2n) is 4.93. The molecule has 0 saturated heterocycles. The number of aryl methyl sites for hydroxylation is 1. The smallest absolute Gasteiger partial charge is 0.133 e. The summed E-state index contributed by atoms with van der Waals surface area (Å²) in [5.41, 5.74) is 3.01. The van der Waals surface area contributed by atoms with E-state index in [2.05, 4.69) is 15.9 Å². The number of rotatable bonds is 5. The van der Waals surface area contributed by atoms with Gasteiger partial charge in [0.25, 0.3) is 0 Å². The Kier molecular flexibility index (Phi) is 5.26. The number of ether oxygens (including phenoxy) is 2. The van der Waals surface area contributed by atoms with Crippen molar-refractivity contribution in [1.29, 1.82) is 0 Å². The highest BCUT2D eigenvalue weighted by molar-refractivity contribution is 9.10. The molecule has 0 aromatic heterocycles. The zero-order chi connectivity index (χ0) is 15.4. The van der Waals surface area contributed by atoms with Crippen molar-refractivity contribution in [3.05, 3.63) is 57.6 Å². The first-order chi connectivity index (χ1) is 10.0. The number of hydrogen-bond donors (Lipinski definition) is 1. The minimum absolute atomic E-state index is 0.529. The van der Waals surface area contributed by atoms with Crippen LogP contribution in [0.4, 0.5) is 0 Å². The average Bonchev–Trinajstić information content (AvgIpc) is 2.49. The van der Waals surface area contributed by atoms with E-state index in [4.69, 9.17) is 9.47 Å². The van der Waals surface area contributed by atoms with Gasteiger partial charge in [0.1, 0.15) is 11.5 Å². The minimum Gasteiger partial charge on any atom is -0.496 e. The molecule has 4 heteroatoms. The van der Waals surface area contributed by atoms with Crippen LogP contribution in [0.15, 0.2) is 40.9 Å². The molecule has 3 nitrogen and oxygen atoms in total. The first-order valence-corrected chi connectivity index (χ1v) is 7.49. The molecule has 0 amide bonds. The summed E-state index contributed by atoms with van der Waals surface area (Å²) in [6, 6.07) is 11.8. The van der Waals surface area contributed by atoms with Crippen LogP contribution in [-0.4, -0.2) is 19.3 Å². The maximum absolute atomic E-state index is 10.5. The molecule has 0 radical (unpaired) electrons. The normalized spacial score (nSPS) is 12.0. The molecule has 0 spiro atoms. The van der Waals surface area contributed by atoms with E-state index in [1.165, 1.54) is 5.56 Å². The lowest BCUT2D eigenvalue weighted by Gasteiger charge is -2.17. The zero-order valence-corrected chi connectivity index (χ0v) is 14.0. The lowest BCUT2D eigenvalue weighted by atomic mass is 9.99. The van der Waals surface area contributed by atoms with Gasteiger partial charge >= 0.3 is 0 Å². The Morgan fingerprint density at radius 3 is 2.24 bits per heavy atom. The Labute approximate surface area is 133 Å². The summed E-state index contributed by atoms with van der Waals surface area (Å²) in [5.74, 6) is 1.32. The molecule has 1 unspecified atom stereocenters. The van der Waals surface area contributed by atoms with Crippen LogP contribution in [0, 0.1) is 6.92 Å². The molecule has 0 heterocycles. The zero-order valence-electron chi connectivity index (χ0n) is 12.4. The summed E-state index contributed by atoms with van der Waals surface area (Å²) < 4.78 is 11.4. The van der Waals surface area contributed by atoms with Gasteiger partial charge in [-0.1, -0.05) is 29.8 Å². The van der Waals surface area contributed by atoms with Crippen LogP contribution >= 0.6 is 15.9 Å². The molecule has 2 aromatic carbocycles. The van der Waals surface area contributed by atoms with E-state index in [0.29, 0.717) is 17.9 Å². The van der Waals surface area contributed by atoms with Crippen LogP contribution in [0.1, 0.15) is 22.8 Å². The maximum Gasteiger partial charge on any atom is 0.133 e. The minimum atomic E-state index is -0.648. The van der Waals surface area contributed by atoms with Crippen LogP contribution in [0.25, 0.3) is 0 Å². The summed E-state index contributed by atoms with van der Waals surface area (Å²) >= 11 is 3.42. The van der Waals surface area contributed by atoms with Gasteiger partial charge in [-0.15, -0.1) is 0 Å². The van der Waals surface area contributed by atoms with Crippen molar-refractivity contribution < 1.29 is 14.6 Å². The number of methoxy groups -OCH3 is 2. The molecule has 0 saturated carbocycles. The van der Waals surface area contributed by atoms with Gasteiger partial charge in [0.05, 0.1) is 24.8 Å². The summed E-state index contributed by atoms with van der Waals surface area (Å²) in [5, 5.41) is 10.5. The number of aliphatic hydroxyl groups excluding tert-OH is 1.